The number of benzene rings is 3. The summed E-state index contributed by atoms with van der Waals surface area (Å²) in [5.41, 5.74) is 4.39. The fourth-order valence-electron chi connectivity index (χ4n) is 3.64. The van der Waals surface area contributed by atoms with Gasteiger partial charge in [0.15, 0.2) is 0 Å². The SMILES string of the molecule is CCc1nc2ccccc2n1CC(=O)Nc1cccc(C(=O)Nc2ccccc2)c1C. The zero-order chi connectivity index (χ0) is 21.8. The standard InChI is InChI=1S/C25H24N4O2/c1-3-23-27-21-13-7-8-15-22(21)29(23)16-24(30)28-20-14-9-12-19(17(20)2)25(31)26-18-10-5-4-6-11-18/h4-15H,3,16H2,1-2H3,(H,26,31)(H,28,30). The molecule has 0 spiro atoms. The van der Waals surface area contributed by atoms with E-state index < -0.39 is 0 Å². The summed E-state index contributed by atoms with van der Waals surface area (Å²) in [6.45, 7) is 4.01. The van der Waals surface area contributed by atoms with Gasteiger partial charge in [0.05, 0.1) is 11.0 Å². The van der Waals surface area contributed by atoms with Gasteiger partial charge in [0.25, 0.3) is 5.91 Å². The number of amides is 2. The highest BCUT2D eigenvalue weighted by Gasteiger charge is 2.16. The largest absolute Gasteiger partial charge is 0.324 e. The second kappa shape index (κ2) is 8.83. The van der Waals surface area contributed by atoms with Crippen molar-refractivity contribution < 1.29 is 9.59 Å². The van der Waals surface area contributed by atoms with Gasteiger partial charge in [-0.25, -0.2) is 4.98 Å². The van der Waals surface area contributed by atoms with Gasteiger partial charge in [0.1, 0.15) is 12.4 Å². The van der Waals surface area contributed by atoms with Gasteiger partial charge in [-0.15, -0.1) is 0 Å². The molecule has 2 N–H and O–H groups in total. The van der Waals surface area contributed by atoms with Crippen LogP contribution in [0.25, 0.3) is 11.0 Å². The lowest BCUT2D eigenvalue weighted by Gasteiger charge is -2.14. The molecular weight excluding hydrogens is 388 g/mol. The van der Waals surface area contributed by atoms with Crippen LogP contribution in [0.15, 0.2) is 72.8 Å². The molecule has 0 fully saturated rings. The molecule has 1 heterocycles. The van der Waals surface area contributed by atoms with Gasteiger partial charge in [-0.1, -0.05) is 43.3 Å². The summed E-state index contributed by atoms with van der Waals surface area (Å²) in [4.78, 5) is 30.2. The fourth-order valence-corrected chi connectivity index (χ4v) is 3.64. The first-order valence-corrected chi connectivity index (χ1v) is 10.3. The first kappa shape index (κ1) is 20.3. The molecule has 0 aliphatic heterocycles. The summed E-state index contributed by atoms with van der Waals surface area (Å²) < 4.78 is 1.94. The van der Waals surface area contributed by atoms with Crippen LogP contribution in [0.1, 0.15) is 28.7 Å². The Morgan fingerprint density at radius 3 is 2.42 bits per heavy atom. The summed E-state index contributed by atoms with van der Waals surface area (Å²) >= 11 is 0. The van der Waals surface area contributed by atoms with E-state index in [4.69, 9.17) is 0 Å². The first-order valence-electron chi connectivity index (χ1n) is 10.3. The van der Waals surface area contributed by atoms with Crippen LogP contribution in [0.4, 0.5) is 11.4 Å². The number of rotatable bonds is 6. The lowest BCUT2D eigenvalue weighted by molar-refractivity contribution is -0.116. The van der Waals surface area contributed by atoms with Gasteiger partial charge in [-0.3, -0.25) is 9.59 Å². The molecule has 6 nitrogen and oxygen atoms in total. The van der Waals surface area contributed by atoms with Gasteiger partial charge < -0.3 is 15.2 Å². The van der Waals surface area contributed by atoms with E-state index in [0.29, 0.717) is 11.3 Å². The molecule has 0 saturated heterocycles. The van der Waals surface area contributed by atoms with Crippen LogP contribution in [0.3, 0.4) is 0 Å². The van der Waals surface area contributed by atoms with Crippen LogP contribution in [-0.2, 0) is 17.8 Å². The van der Waals surface area contributed by atoms with Crippen molar-refractivity contribution in [3.8, 4) is 0 Å². The second-order valence-corrected chi connectivity index (χ2v) is 7.30. The number of fused-ring (bicyclic) bond motifs is 1. The molecule has 0 saturated carbocycles. The first-order chi connectivity index (χ1) is 15.1. The van der Waals surface area contributed by atoms with Gasteiger partial charge in [-0.2, -0.15) is 0 Å². The quantitative estimate of drug-likeness (QED) is 0.478. The molecule has 0 radical (unpaired) electrons. The predicted molar refractivity (Wildman–Crippen MR) is 123 cm³/mol. The van der Waals surface area contributed by atoms with E-state index >= 15 is 0 Å². The normalized spacial score (nSPS) is 10.8. The molecule has 3 aromatic carbocycles. The van der Waals surface area contributed by atoms with Gasteiger partial charge in [0.2, 0.25) is 5.91 Å². The maximum absolute atomic E-state index is 12.9. The van der Waals surface area contributed by atoms with Crippen LogP contribution >= 0.6 is 0 Å². The Bertz CT molecular complexity index is 1250. The number of imidazole rings is 1. The summed E-state index contributed by atoms with van der Waals surface area (Å²) in [5.74, 6) is 0.485. The average Bonchev–Trinajstić information content (AvgIpc) is 3.13. The van der Waals surface area contributed by atoms with Crippen molar-refractivity contribution in [3.05, 3.63) is 89.7 Å². The highest BCUT2D eigenvalue weighted by atomic mass is 16.2. The van der Waals surface area contributed by atoms with Crippen molar-refractivity contribution >= 4 is 34.2 Å². The molecule has 1 aromatic heterocycles. The molecule has 31 heavy (non-hydrogen) atoms. The van der Waals surface area contributed by atoms with E-state index in [1.54, 1.807) is 18.2 Å². The second-order valence-electron chi connectivity index (χ2n) is 7.30. The number of hydrogen-bond donors (Lipinski definition) is 2. The molecular formula is C25H24N4O2. The number of nitrogens with zero attached hydrogens (tertiary/aromatic N) is 2. The minimum absolute atomic E-state index is 0.156. The summed E-state index contributed by atoms with van der Waals surface area (Å²) in [7, 11) is 0. The van der Waals surface area contributed by atoms with Crippen molar-refractivity contribution in [1.29, 1.82) is 0 Å². The van der Waals surface area contributed by atoms with Crippen molar-refractivity contribution in [2.75, 3.05) is 10.6 Å². The molecule has 156 valence electrons. The Kier molecular flexibility index (Phi) is 5.80. The lowest BCUT2D eigenvalue weighted by atomic mass is 10.1. The number of anilines is 2. The Balaban J connectivity index is 1.53. The van der Waals surface area contributed by atoms with Gasteiger partial charge >= 0.3 is 0 Å². The number of aryl methyl sites for hydroxylation is 1. The number of aromatic nitrogens is 2. The summed E-state index contributed by atoms with van der Waals surface area (Å²) in [6.07, 6.45) is 0.732. The average molecular weight is 412 g/mol. The maximum Gasteiger partial charge on any atom is 0.256 e. The van der Waals surface area contributed by atoms with E-state index in [1.807, 2.05) is 73.0 Å². The molecule has 4 rings (SSSR count). The predicted octanol–water partition coefficient (Wildman–Crippen LogP) is 4.80. The van der Waals surface area contributed by atoms with E-state index in [2.05, 4.69) is 15.6 Å². The zero-order valence-electron chi connectivity index (χ0n) is 17.6. The molecule has 0 unspecified atom stereocenters. The van der Waals surface area contributed by atoms with E-state index in [1.165, 1.54) is 0 Å². The van der Waals surface area contributed by atoms with Crippen molar-refractivity contribution in [2.24, 2.45) is 0 Å². The highest BCUT2D eigenvalue weighted by Crippen LogP contribution is 2.21. The Hall–Kier alpha value is -3.93. The summed E-state index contributed by atoms with van der Waals surface area (Å²) in [5, 5.41) is 5.84. The minimum atomic E-state index is -0.214. The number of carbonyl (C=O) groups excluding carboxylic acids is 2. The Morgan fingerprint density at radius 2 is 1.65 bits per heavy atom. The third-order valence-corrected chi connectivity index (χ3v) is 5.24. The van der Waals surface area contributed by atoms with E-state index in [-0.39, 0.29) is 18.4 Å². The van der Waals surface area contributed by atoms with Crippen LogP contribution in [-0.4, -0.2) is 21.4 Å². The smallest absolute Gasteiger partial charge is 0.256 e. The number of nitrogens with one attached hydrogen (secondary N) is 2. The topological polar surface area (TPSA) is 76.0 Å². The van der Waals surface area contributed by atoms with Crippen molar-refractivity contribution in [2.45, 2.75) is 26.8 Å². The maximum atomic E-state index is 12.9. The van der Waals surface area contributed by atoms with E-state index in [0.717, 1.165) is 34.5 Å². The zero-order valence-corrected chi connectivity index (χ0v) is 17.6. The van der Waals surface area contributed by atoms with Crippen molar-refractivity contribution in [1.82, 2.24) is 9.55 Å². The molecule has 2 amide bonds. The molecule has 4 aromatic rings. The number of carbonyl (C=O) groups is 2. The van der Waals surface area contributed by atoms with Crippen LogP contribution in [0, 0.1) is 6.92 Å². The lowest BCUT2D eigenvalue weighted by Crippen LogP contribution is -2.21. The molecule has 0 aliphatic rings. The van der Waals surface area contributed by atoms with Crippen LogP contribution in [0.5, 0.6) is 0 Å². The number of hydrogen-bond acceptors (Lipinski definition) is 3. The molecule has 0 aliphatic carbocycles. The third-order valence-electron chi connectivity index (χ3n) is 5.24. The fraction of sp³-hybridized carbons (Fsp3) is 0.160. The highest BCUT2D eigenvalue weighted by molar-refractivity contribution is 6.06. The monoisotopic (exact) mass is 412 g/mol. The van der Waals surface area contributed by atoms with Gasteiger partial charge in [-0.05, 0) is 48.9 Å². The third kappa shape index (κ3) is 4.33. The van der Waals surface area contributed by atoms with Gasteiger partial charge in [0, 0.05) is 23.4 Å². The minimum Gasteiger partial charge on any atom is -0.324 e. The molecule has 0 atom stereocenters. The molecule has 6 heteroatoms. The Labute approximate surface area is 180 Å². The molecule has 0 bridgehead atoms. The van der Waals surface area contributed by atoms with Crippen LogP contribution < -0.4 is 10.6 Å². The van der Waals surface area contributed by atoms with Crippen LogP contribution in [0.2, 0.25) is 0 Å². The number of para-hydroxylation sites is 3. The summed E-state index contributed by atoms with van der Waals surface area (Å²) in [6, 6.07) is 22.4. The van der Waals surface area contributed by atoms with E-state index in [9.17, 15) is 9.59 Å². The Morgan fingerprint density at radius 1 is 0.903 bits per heavy atom. The van der Waals surface area contributed by atoms with Crippen molar-refractivity contribution in [3.63, 3.8) is 0 Å².